The first kappa shape index (κ1) is 13.8. The number of rotatable bonds is 3. The van der Waals surface area contributed by atoms with Crippen LogP contribution in [-0.4, -0.2) is 35.4 Å². The lowest BCUT2D eigenvalue weighted by Gasteiger charge is -2.16. The second kappa shape index (κ2) is 6.06. The quantitative estimate of drug-likeness (QED) is 0.934. The summed E-state index contributed by atoms with van der Waals surface area (Å²) < 4.78 is 0. The van der Waals surface area contributed by atoms with E-state index >= 15 is 0 Å². The summed E-state index contributed by atoms with van der Waals surface area (Å²) in [5.74, 6) is 0.703. The first-order chi connectivity index (χ1) is 10.3. The van der Waals surface area contributed by atoms with Gasteiger partial charge in [0, 0.05) is 37.0 Å². The molecule has 2 atom stereocenters. The van der Waals surface area contributed by atoms with Crippen molar-refractivity contribution in [2.45, 2.75) is 5.92 Å². The minimum absolute atomic E-state index is 0.0641. The highest BCUT2D eigenvalue weighted by molar-refractivity contribution is 5.94. The molecule has 3 rings (SSSR count). The highest BCUT2D eigenvalue weighted by atomic mass is 16.2. The molecule has 108 valence electrons. The van der Waals surface area contributed by atoms with Crippen LogP contribution in [0, 0.1) is 5.92 Å². The van der Waals surface area contributed by atoms with Crippen LogP contribution in [0.4, 0.5) is 0 Å². The fourth-order valence-electron chi connectivity index (χ4n) is 3.03. The minimum atomic E-state index is 0.0641. The summed E-state index contributed by atoms with van der Waals surface area (Å²) >= 11 is 0. The maximum absolute atomic E-state index is 12.5. The molecule has 0 aliphatic carbocycles. The lowest BCUT2D eigenvalue weighted by atomic mass is 9.89. The molecule has 2 aromatic rings. The molecule has 1 aromatic carbocycles. The van der Waals surface area contributed by atoms with Crippen molar-refractivity contribution in [3.8, 4) is 0 Å². The molecule has 2 heterocycles. The van der Waals surface area contributed by atoms with Gasteiger partial charge in [0.05, 0.1) is 0 Å². The van der Waals surface area contributed by atoms with Crippen molar-refractivity contribution in [2.24, 2.45) is 11.7 Å². The first-order valence-corrected chi connectivity index (χ1v) is 7.24. The number of hydrogen-bond acceptors (Lipinski definition) is 3. The lowest BCUT2D eigenvalue weighted by Crippen LogP contribution is -2.29. The van der Waals surface area contributed by atoms with Crippen LogP contribution in [0.1, 0.15) is 21.8 Å². The van der Waals surface area contributed by atoms with E-state index in [1.807, 2.05) is 23.1 Å². The van der Waals surface area contributed by atoms with E-state index < -0.39 is 0 Å². The lowest BCUT2D eigenvalue weighted by molar-refractivity contribution is 0.0786. The number of carbonyl (C=O) groups excluding carboxylic acids is 1. The Bertz CT molecular complexity index is 600. The average molecular weight is 281 g/mol. The Hall–Kier alpha value is -2.20. The zero-order valence-electron chi connectivity index (χ0n) is 11.9. The summed E-state index contributed by atoms with van der Waals surface area (Å²) in [6.07, 6.45) is 3.30. The molecule has 1 aromatic heterocycles. The van der Waals surface area contributed by atoms with Gasteiger partial charge < -0.3 is 10.6 Å². The SMILES string of the molecule is NC[C@@H]1CN(C(=O)c2ccncc2)C[C@H]1c1ccccc1. The van der Waals surface area contributed by atoms with Gasteiger partial charge in [0.2, 0.25) is 0 Å². The number of carbonyl (C=O) groups is 1. The Balaban J connectivity index is 1.80. The Morgan fingerprint density at radius 3 is 2.52 bits per heavy atom. The summed E-state index contributed by atoms with van der Waals surface area (Å²) in [6, 6.07) is 13.8. The molecule has 0 unspecified atom stereocenters. The zero-order chi connectivity index (χ0) is 14.7. The van der Waals surface area contributed by atoms with Crippen LogP contribution >= 0.6 is 0 Å². The van der Waals surface area contributed by atoms with E-state index in [2.05, 4.69) is 17.1 Å². The van der Waals surface area contributed by atoms with Gasteiger partial charge in [-0.05, 0) is 30.2 Å². The zero-order valence-corrected chi connectivity index (χ0v) is 11.9. The largest absolute Gasteiger partial charge is 0.338 e. The number of hydrogen-bond donors (Lipinski definition) is 1. The topological polar surface area (TPSA) is 59.2 Å². The number of nitrogens with zero attached hydrogens (tertiary/aromatic N) is 2. The van der Waals surface area contributed by atoms with Crippen molar-refractivity contribution in [1.82, 2.24) is 9.88 Å². The van der Waals surface area contributed by atoms with Crippen LogP contribution in [0.5, 0.6) is 0 Å². The molecular formula is C17H19N3O. The summed E-state index contributed by atoms with van der Waals surface area (Å²) in [5.41, 5.74) is 7.87. The average Bonchev–Trinajstić information content (AvgIpc) is 3.00. The molecule has 2 N–H and O–H groups in total. The molecule has 1 saturated heterocycles. The number of pyridine rings is 1. The van der Waals surface area contributed by atoms with Gasteiger partial charge in [-0.25, -0.2) is 0 Å². The van der Waals surface area contributed by atoms with Gasteiger partial charge in [-0.1, -0.05) is 30.3 Å². The van der Waals surface area contributed by atoms with Gasteiger partial charge in [-0.15, -0.1) is 0 Å². The first-order valence-electron chi connectivity index (χ1n) is 7.24. The van der Waals surface area contributed by atoms with Gasteiger partial charge in [-0.2, -0.15) is 0 Å². The predicted octanol–water partition coefficient (Wildman–Crippen LogP) is 1.90. The molecule has 1 fully saturated rings. The Morgan fingerprint density at radius 2 is 1.86 bits per heavy atom. The molecule has 0 bridgehead atoms. The molecule has 4 nitrogen and oxygen atoms in total. The van der Waals surface area contributed by atoms with E-state index in [0.29, 0.717) is 23.9 Å². The highest BCUT2D eigenvalue weighted by Gasteiger charge is 2.35. The Kier molecular flexibility index (Phi) is 3.97. The molecule has 1 aliphatic rings. The van der Waals surface area contributed by atoms with Gasteiger partial charge in [-0.3, -0.25) is 9.78 Å². The van der Waals surface area contributed by atoms with Crippen LogP contribution < -0.4 is 5.73 Å². The van der Waals surface area contributed by atoms with Crippen molar-refractivity contribution < 1.29 is 4.79 Å². The Morgan fingerprint density at radius 1 is 1.14 bits per heavy atom. The normalized spacial score (nSPS) is 21.5. The third kappa shape index (κ3) is 2.81. The molecule has 21 heavy (non-hydrogen) atoms. The standard InChI is InChI=1S/C17H19N3O/c18-10-15-11-20(17(21)14-6-8-19-9-7-14)12-16(15)13-4-2-1-3-5-13/h1-9,15-16H,10-12,18H2/t15-,16+/m1/s1. The van der Waals surface area contributed by atoms with Crippen LogP contribution in [0.15, 0.2) is 54.9 Å². The van der Waals surface area contributed by atoms with Crippen LogP contribution in [0.2, 0.25) is 0 Å². The van der Waals surface area contributed by atoms with E-state index in [1.165, 1.54) is 5.56 Å². The van der Waals surface area contributed by atoms with Gasteiger partial charge >= 0.3 is 0 Å². The minimum Gasteiger partial charge on any atom is -0.338 e. The van der Waals surface area contributed by atoms with Crippen molar-refractivity contribution >= 4 is 5.91 Å². The highest BCUT2D eigenvalue weighted by Crippen LogP contribution is 2.32. The molecular weight excluding hydrogens is 262 g/mol. The fourth-order valence-corrected chi connectivity index (χ4v) is 3.03. The number of amides is 1. The van der Waals surface area contributed by atoms with E-state index in [9.17, 15) is 4.79 Å². The van der Waals surface area contributed by atoms with E-state index in [4.69, 9.17) is 5.73 Å². The molecule has 0 spiro atoms. The van der Waals surface area contributed by atoms with Crippen molar-refractivity contribution in [1.29, 1.82) is 0 Å². The summed E-state index contributed by atoms with van der Waals surface area (Å²) in [4.78, 5) is 18.4. The monoisotopic (exact) mass is 281 g/mol. The van der Waals surface area contributed by atoms with E-state index in [-0.39, 0.29) is 5.91 Å². The third-order valence-corrected chi connectivity index (χ3v) is 4.19. The second-order valence-corrected chi connectivity index (χ2v) is 5.46. The molecule has 4 heteroatoms. The summed E-state index contributed by atoms with van der Waals surface area (Å²) in [5, 5.41) is 0. The maximum atomic E-state index is 12.5. The Labute approximate surface area is 124 Å². The molecule has 1 amide bonds. The van der Waals surface area contributed by atoms with E-state index in [1.54, 1.807) is 24.5 Å². The number of likely N-dealkylation sites (tertiary alicyclic amines) is 1. The van der Waals surface area contributed by atoms with Crippen LogP contribution in [0.3, 0.4) is 0 Å². The van der Waals surface area contributed by atoms with Crippen LogP contribution in [-0.2, 0) is 0 Å². The van der Waals surface area contributed by atoms with Crippen molar-refractivity contribution in [2.75, 3.05) is 19.6 Å². The summed E-state index contributed by atoms with van der Waals surface area (Å²) in [6.45, 7) is 2.05. The van der Waals surface area contributed by atoms with Gasteiger partial charge in [0.25, 0.3) is 5.91 Å². The fraction of sp³-hybridized carbons (Fsp3) is 0.294. The second-order valence-electron chi connectivity index (χ2n) is 5.46. The van der Waals surface area contributed by atoms with E-state index in [0.717, 1.165) is 13.1 Å². The smallest absolute Gasteiger partial charge is 0.253 e. The van der Waals surface area contributed by atoms with Crippen LogP contribution in [0.25, 0.3) is 0 Å². The van der Waals surface area contributed by atoms with Gasteiger partial charge in [0.1, 0.15) is 0 Å². The number of aromatic nitrogens is 1. The predicted molar refractivity (Wildman–Crippen MR) is 81.9 cm³/mol. The van der Waals surface area contributed by atoms with Crippen molar-refractivity contribution in [3.05, 3.63) is 66.0 Å². The maximum Gasteiger partial charge on any atom is 0.253 e. The van der Waals surface area contributed by atoms with Crippen molar-refractivity contribution in [3.63, 3.8) is 0 Å². The molecule has 0 radical (unpaired) electrons. The molecule has 0 saturated carbocycles. The number of benzene rings is 1. The molecule has 1 aliphatic heterocycles. The number of nitrogens with two attached hydrogens (primary N) is 1. The third-order valence-electron chi connectivity index (χ3n) is 4.19. The van der Waals surface area contributed by atoms with Gasteiger partial charge in [0.15, 0.2) is 0 Å². The summed E-state index contributed by atoms with van der Waals surface area (Å²) in [7, 11) is 0.